The number of ether oxygens (including phenoxy) is 2. The van der Waals surface area contributed by atoms with Crippen LogP contribution in [-0.2, 0) is 23.9 Å². The Bertz CT molecular complexity index is 657. The Balaban J connectivity index is 2.43. The van der Waals surface area contributed by atoms with Crippen LogP contribution >= 0.6 is 0 Å². The third-order valence-corrected chi connectivity index (χ3v) is 3.91. The first-order chi connectivity index (χ1) is 12.0. The number of ketones is 1. The molecule has 0 spiro atoms. The van der Waals surface area contributed by atoms with Gasteiger partial charge in [0.15, 0.2) is 11.8 Å². The zero-order chi connectivity index (χ0) is 18.4. The Hall–Kier alpha value is -2.70. The van der Waals surface area contributed by atoms with Crippen molar-refractivity contribution in [1.29, 1.82) is 0 Å². The summed E-state index contributed by atoms with van der Waals surface area (Å²) in [7, 11) is 0. The molecule has 1 aromatic carbocycles. The molecule has 7 heteroatoms. The third kappa shape index (κ3) is 4.04. The maximum absolute atomic E-state index is 12.9. The number of piperidine rings is 1. The monoisotopic (exact) mass is 347 g/mol. The van der Waals surface area contributed by atoms with Crippen molar-refractivity contribution in [2.24, 2.45) is 0 Å². The van der Waals surface area contributed by atoms with Gasteiger partial charge in [0.05, 0.1) is 13.2 Å². The molecule has 0 saturated carbocycles. The summed E-state index contributed by atoms with van der Waals surface area (Å²) in [5.74, 6) is -2.48. The van der Waals surface area contributed by atoms with Gasteiger partial charge >= 0.3 is 11.9 Å². The predicted octanol–water partition coefficient (Wildman–Crippen LogP) is 1.36. The number of rotatable bonds is 5. The molecule has 1 aliphatic heterocycles. The summed E-state index contributed by atoms with van der Waals surface area (Å²) in [6.07, 6.45) is 0.123. The van der Waals surface area contributed by atoms with Gasteiger partial charge in [-0.1, -0.05) is 18.2 Å². The van der Waals surface area contributed by atoms with E-state index in [4.69, 9.17) is 9.47 Å². The Morgan fingerprint density at radius 1 is 1.04 bits per heavy atom. The van der Waals surface area contributed by atoms with Crippen molar-refractivity contribution in [2.45, 2.75) is 38.8 Å². The molecule has 1 aromatic rings. The summed E-state index contributed by atoms with van der Waals surface area (Å²) in [6, 6.07) is 5.76. The van der Waals surface area contributed by atoms with Crippen molar-refractivity contribution < 1.29 is 28.7 Å². The molecule has 2 rings (SSSR count). The van der Waals surface area contributed by atoms with E-state index in [1.807, 2.05) is 0 Å². The molecule has 0 aliphatic carbocycles. The zero-order valence-corrected chi connectivity index (χ0v) is 14.3. The van der Waals surface area contributed by atoms with E-state index in [-0.39, 0.29) is 31.6 Å². The molecule has 134 valence electrons. The minimum absolute atomic E-state index is 0.00549. The topological polar surface area (TPSA) is 90.0 Å². The molecule has 1 aliphatic rings. The molecular weight excluding hydrogens is 326 g/mol. The summed E-state index contributed by atoms with van der Waals surface area (Å²) in [6.45, 7) is 3.47. The summed E-state index contributed by atoms with van der Waals surface area (Å²) in [5.41, 5.74) is 0.279. The number of esters is 2. The van der Waals surface area contributed by atoms with Gasteiger partial charge in [0, 0.05) is 12.0 Å². The van der Waals surface area contributed by atoms with Crippen molar-refractivity contribution in [3.8, 4) is 0 Å². The standard InChI is InChI=1S/C18H21NO6/c1-3-24-17(22)13-10-11-14(20)15(18(23)25-4-2)19(13)16(21)12-8-6-5-7-9-12/h5-9,13,15H,3-4,10-11H2,1-2H3. The second kappa shape index (κ2) is 8.41. The van der Waals surface area contributed by atoms with Crippen LogP contribution in [0.15, 0.2) is 30.3 Å². The zero-order valence-electron chi connectivity index (χ0n) is 14.3. The number of hydrogen-bond acceptors (Lipinski definition) is 6. The quantitative estimate of drug-likeness (QED) is 0.590. The first-order valence-electron chi connectivity index (χ1n) is 8.24. The average Bonchev–Trinajstić information content (AvgIpc) is 2.61. The lowest BCUT2D eigenvalue weighted by Crippen LogP contribution is -2.60. The number of carbonyl (C=O) groups excluding carboxylic acids is 4. The number of carbonyl (C=O) groups is 4. The predicted molar refractivity (Wildman–Crippen MR) is 87.7 cm³/mol. The summed E-state index contributed by atoms with van der Waals surface area (Å²) in [4.78, 5) is 50.9. The van der Waals surface area contributed by atoms with Crippen LogP contribution in [0.4, 0.5) is 0 Å². The van der Waals surface area contributed by atoms with Crippen LogP contribution in [0.1, 0.15) is 37.0 Å². The lowest BCUT2D eigenvalue weighted by atomic mass is 9.93. The lowest BCUT2D eigenvalue weighted by molar-refractivity contribution is -0.160. The van der Waals surface area contributed by atoms with E-state index in [0.717, 1.165) is 4.90 Å². The maximum Gasteiger partial charge on any atom is 0.336 e. The lowest BCUT2D eigenvalue weighted by Gasteiger charge is -2.38. The molecule has 1 saturated heterocycles. The average molecular weight is 347 g/mol. The van der Waals surface area contributed by atoms with Crippen LogP contribution in [0.2, 0.25) is 0 Å². The van der Waals surface area contributed by atoms with Gasteiger partial charge < -0.3 is 14.4 Å². The van der Waals surface area contributed by atoms with Crippen LogP contribution in [0.25, 0.3) is 0 Å². The molecule has 7 nitrogen and oxygen atoms in total. The number of nitrogens with zero attached hydrogens (tertiary/aromatic N) is 1. The largest absolute Gasteiger partial charge is 0.464 e. The normalized spacial score (nSPS) is 20.1. The Morgan fingerprint density at radius 2 is 1.64 bits per heavy atom. The van der Waals surface area contributed by atoms with Crippen LogP contribution in [0.5, 0.6) is 0 Å². The maximum atomic E-state index is 12.9. The highest BCUT2D eigenvalue weighted by Crippen LogP contribution is 2.25. The second-order valence-electron chi connectivity index (χ2n) is 5.51. The van der Waals surface area contributed by atoms with Gasteiger partial charge in [-0.15, -0.1) is 0 Å². The summed E-state index contributed by atoms with van der Waals surface area (Å²) >= 11 is 0. The molecule has 2 atom stereocenters. The van der Waals surface area contributed by atoms with E-state index in [9.17, 15) is 19.2 Å². The molecule has 0 N–H and O–H groups in total. The highest BCUT2D eigenvalue weighted by Gasteiger charge is 2.47. The fraction of sp³-hybridized carbons (Fsp3) is 0.444. The molecule has 0 aromatic heterocycles. The molecule has 0 radical (unpaired) electrons. The highest BCUT2D eigenvalue weighted by atomic mass is 16.5. The molecule has 0 bridgehead atoms. The first-order valence-corrected chi connectivity index (χ1v) is 8.24. The van der Waals surface area contributed by atoms with Gasteiger partial charge in [-0.3, -0.25) is 9.59 Å². The van der Waals surface area contributed by atoms with E-state index >= 15 is 0 Å². The van der Waals surface area contributed by atoms with E-state index in [1.54, 1.807) is 44.2 Å². The molecule has 1 fully saturated rings. The minimum Gasteiger partial charge on any atom is -0.464 e. The highest BCUT2D eigenvalue weighted by molar-refractivity contribution is 6.10. The Labute approximate surface area is 145 Å². The van der Waals surface area contributed by atoms with Gasteiger partial charge in [0.2, 0.25) is 0 Å². The van der Waals surface area contributed by atoms with Gasteiger partial charge in [-0.25, -0.2) is 9.59 Å². The number of likely N-dealkylation sites (tertiary alicyclic amines) is 1. The smallest absolute Gasteiger partial charge is 0.336 e. The number of amides is 1. The first kappa shape index (κ1) is 18.6. The fourth-order valence-electron chi connectivity index (χ4n) is 2.81. The van der Waals surface area contributed by atoms with Gasteiger partial charge in [0.25, 0.3) is 5.91 Å². The van der Waals surface area contributed by atoms with Crippen molar-refractivity contribution in [2.75, 3.05) is 13.2 Å². The molecule has 1 amide bonds. The van der Waals surface area contributed by atoms with Gasteiger partial charge in [-0.2, -0.15) is 0 Å². The van der Waals surface area contributed by atoms with Crippen molar-refractivity contribution >= 4 is 23.6 Å². The van der Waals surface area contributed by atoms with Crippen LogP contribution < -0.4 is 0 Å². The number of hydrogen-bond donors (Lipinski definition) is 0. The molecule has 25 heavy (non-hydrogen) atoms. The molecule has 2 unspecified atom stereocenters. The van der Waals surface area contributed by atoms with Crippen molar-refractivity contribution in [3.63, 3.8) is 0 Å². The van der Waals surface area contributed by atoms with E-state index in [2.05, 4.69) is 0 Å². The minimum atomic E-state index is -1.43. The fourth-order valence-corrected chi connectivity index (χ4v) is 2.81. The Kier molecular flexibility index (Phi) is 6.27. The van der Waals surface area contributed by atoms with Crippen LogP contribution in [-0.4, -0.2) is 53.8 Å². The van der Waals surface area contributed by atoms with E-state index in [1.165, 1.54) is 0 Å². The second-order valence-corrected chi connectivity index (χ2v) is 5.51. The summed E-state index contributed by atoms with van der Waals surface area (Å²) < 4.78 is 9.98. The summed E-state index contributed by atoms with van der Waals surface area (Å²) in [5, 5.41) is 0. The number of Topliss-reactive ketones (excluding diaryl/α,β-unsaturated/α-hetero) is 1. The van der Waals surface area contributed by atoms with Crippen molar-refractivity contribution in [3.05, 3.63) is 35.9 Å². The molecular formula is C18H21NO6. The third-order valence-electron chi connectivity index (χ3n) is 3.91. The van der Waals surface area contributed by atoms with Gasteiger partial charge in [0.1, 0.15) is 6.04 Å². The number of benzene rings is 1. The van der Waals surface area contributed by atoms with Crippen molar-refractivity contribution in [1.82, 2.24) is 4.90 Å². The van der Waals surface area contributed by atoms with Crippen LogP contribution in [0, 0.1) is 0 Å². The molecule has 1 heterocycles. The van der Waals surface area contributed by atoms with Crippen LogP contribution in [0.3, 0.4) is 0 Å². The Morgan fingerprint density at radius 3 is 2.24 bits per heavy atom. The van der Waals surface area contributed by atoms with E-state index < -0.39 is 35.7 Å². The SMILES string of the molecule is CCOC(=O)C1CCC(=O)C(C(=O)OCC)N1C(=O)c1ccccc1. The van der Waals surface area contributed by atoms with Gasteiger partial charge in [-0.05, 0) is 32.4 Å². The van der Waals surface area contributed by atoms with E-state index in [0.29, 0.717) is 0 Å².